The third kappa shape index (κ3) is 4.34. The molecule has 0 aromatic heterocycles. The molecule has 2 heterocycles. The van der Waals surface area contributed by atoms with Crippen LogP contribution in [0, 0.1) is 11.7 Å². The van der Waals surface area contributed by atoms with E-state index < -0.39 is 15.8 Å². The number of sulfonamides is 1. The first-order valence-corrected chi connectivity index (χ1v) is 12.2. The van der Waals surface area contributed by atoms with Gasteiger partial charge < -0.3 is 4.90 Å². The highest BCUT2D eigenvalue weighted by Crippen LogP contribution is 2.35. The van der Waals surface area contributed by atoms with Crippen LogP contribution in [0.25, 0.3) is 0 Å². The van der Waals surface area contributed by atoms with Crippen LogP contribution in [-0.4, -0.2) is 73.7 Å². The smallest absolute Gasteiger partial charge is 0.246 e. The quantitative estimate of drug-likeness (QED) is 0.746. The van der Waals surface area contributed by atoms with E-state index in [1.165, 1.54) is 54.3 Å². The van der Waals surface area contributed by atoms with Crippen LogP contribution in [0.5, 0.6) is 0 Å². The zero-order chi connectivity index (χ0) is 20.4. The summed E-state index contributed by atoms with van der Waals surface area (Å²) >= 11 is 0. The number of carbonyl (C=O) groups excluding carboxylic acids is 1. The first kappa shape index (κ1) is 20.8. The molecule has 3 fully saturated rings. The molecule has 0 unspecified atom stereocenters. The summed E-state index contributed by atoms with van der Waals surface area (Å²) in [7, 11) is -3.84. The Morgan fingerprint density at radius 3 is 2.41 bits per heavy atom. The van der Waals surface area contributed by atoms with Crippen molar-refractivity contribution in [1.29, 1.82) is 0 Å². The Morgan fingerprint density at radius 1 is 0.966 bits per heavy atom. The van der Waals surface area contributed by atoms with Crippen LogP contribution < -0.4 is 0 Å². The molecule has 3 aliphatic rings. The van der Waals surface area contributed by atoms with Gasteiger partial charge in [0.05, 0.1) is 6.54 Å². The normalized spacial score (nSPS) is 26.9. The molecule has 1 aliphatic carbocycles. The number of halogens is 1. The summed E-state index contributed by atoms with van der Waals surface area (Å²) in [4.78, 5) is 16.8. The van der Waals surface area contributed by atoms with Crippen molar-refractivity contribution >= 4 is 15.9 Å². The topological polar surface area (TPSA) is 60.9 Å². The van der Waals surface area contributed by atoms with E-state index in [-0.39, 0.29) is 23.9 Å². The lowest BCUT2D eigenvalue weighted by molar-refractivity contribution is -0.139. The van der Waals surface area contributed by atoms with Crippen LogP contribution >= 0.6 is 0 Å². The van der Waals surface area contributed by atoms with Gasteiger partial charge in [0.15, 0.2) is 0 Å². The molecule has 0 spiro atoms. The Balaban J connectivity index is 1.34. The van der Waals surface area contributed by atoms with Gasteiger partial charge in [0.25, 0.3) is 0 Å². The number of nitrogens with zero attached hydrogens (tertiary/aromatic N) is 3. The van der Waals surface area contributed by atoms with Crippen LogP contribution in [0.3, 0.4) is 0 Å². The molecular weight excluding hydrogens is 393 g/mol. The van der Waals surface area contributed by atoms with Crippen LogP contribution in [0.1, 0.15) is 38.5 Å². The second kappa shape index (κ2) is 8.70. The van der Waals surface area contributed by atoms with Gasteiger partial charge in [-0.2, -0.15) is 4.31 Å². The molecular formula is C21H30FN3O3S. The molecule has 2 saturated heterocycles. The van der Waals surface area contributed by atoms with E-state index in [0.29, 0.717) is 31.6 Å². The molecule has 0 N–H and O–H groups in total. The van der Waals surface area contributed by atoms with Gasteiger partial charge in [0, 0.05) is 38.8 Å². The van der Waals surface area contributed by atoms with Crippen LogP contribution in [0.2, 0.25) is 0 Å². The maximum Gasteiger partial charge on any atom is 0.246 e. The average Bonchev–Trinajstić information content (AvgIpc) is 2.74. The molecule has 1 amide bonds. The minimum atomic E-state index is -3.84. The Hall–Kier alpha value is -1.51. The van der Waals surface area contributed by atoms with Crippen LogP contribution in [0.4, 0.5) is 4.39 Å². The minimum Gasteiger partial charge on any atom is -0.338 e. The SMILES string of the molecule is O=C(CN1CCN(S(=O)(=O)c2ccccc2F)CC1)N1CCC[C@H]2CCCC[C@@H]21. The van der Waals surface area contributed by atoms with E-state index in [2.05, 4.69) is 4.90 Å². The van der Waals surface area contributed by atoms with Crippen molar-refractivity contribution in [2.24, 2.45) is 5.92 Å². The molecule has 4 rings (SSSR count). The van der Waals surface area contributed by atoms with E-state index >= 15 is 0 Å². The van der Waals surface area contributed by atoms with E-state index in [1.807, 2.05) is 4.90 Å². The fraction of sp³-hybridized carbons (Fsp3) is 0.667. The van der Waals surface area contributed by atoms with E-state index in [4.69, 9.17) is 0 Å². The monoisotopic (exact) mass is 423 g/mol. The van der Waals surface area contributed by atoms with Gasteiger partial charge in [0.2, 0.25) is 15.9 Å². The zero-order valence-corrected chi connectivity index (χ0v) is 17.6. The van der Waals surface area contributed by atoms with Crippen molar-refractivity contribution in [2.75, 3.05) is 39.3 Å². The molecule has 29 heavy (non-hydrogen) atoms. The van der Waals surface area contributed by atoms with Crippen molar-refractivity contribution in [1.82, 2.24) is 14.1 Å². The highest BCUT2D eigenvalue weighted by Gasteiger charge is 2.37. The lowest BCUT2D eigenvalue weighted by Crippen LogP contribution is -2.55. The van der Waals surface area contributed by atoms with E-state index in [0.717, 1.165) is 19.4 Å². The first-order chi connectivity index (χ1) is 14.0. The second-order valence-corrected chi connectivity index (χ2v) is 10.4. The van der Waals surface area contributed by atoms with Crippen molar-refractivity contribution in [3.63, 3.8) is 0 Å². The maximum atomic E-state index is 14.0. The van der Waals surface area contributed by atoms with Gasteiger partial charge in [0.1, 0.15) is 10.7 Å². The van der Waals surface area contributed by atoms with Crippen LogP contribution in [0.15, 0.2) is 29.2 Å². The Kier molecular flexibility index (Phi) is 6.22. The Labute approximate surface area is 172 Å². The number of hydrogen-bond acceptors (Lipinski definition) is 4. The maximum absolute atomic E-state index is 14.0. The molecule has 6 nitrogen and oxygen atoms in total. The molecule has 1 aromatic carbocycles. The number of fused-ring (bicyclic) bond motifs is 1. The van der Waals surface area contributed by atoms with Crippen molar-refractivity contribution in [2.45, 2.75) is 49.5 Å². The molecule has 2 atom stereocenters. The predicted molar refractivity (Wildman–Crippen MR) is 108 cm³/mol. The summed E-state index contributed by atoms with van der Waals surface area (Å²) in [6.45, 7) is 2.72. The van der Waals surface area contributed by atoms with Crippen molar-refractivity contribution in [3.8, 4) is 0 Å². The molecule has 1 saturated carbocycles. The average molecular weight is 424 g/mol. The Bertz CT molecular complexity index is 837. The standard InChI is InChI=1S/C21H30FN3O3S/c22-18-8-2-4-10-20(18)29(27,28)24-14-12-23(13-15-24)16-21(26)25-11-5-7-17-6-1-3-9-19(17)25/h2,4,8,10,17,19H,1,3,5-7,9,11-16H2/t17-,19+/m1/s1. The lowest BCUT2D eigenvalue weighted by Gasteiger charge is -2.45. The summed E-state index contributed by atoms with van der Waals surface area (Å²) in [6, 6.07) is 5.88. The number of carbonyl (C=O) groups is 1. The number of amides is 1. The summed E-state index contributed by atoms with van der Waals surface area (Å²) < 4.78 is 40.8. The largest absolute Gasteiger partial charge is 0.338 e. The zero-order valence-electron chi connectivity index (χ0n) is 16.8. The number of benzene rings is 1. The summed E-state index contributed by atoms with van der Waals surface area (Å²) in [5.41, 5.74) is 0. The number of piperidine rings is 1. The van der Waals surface area contributed by atoms with E-state index in [1.54, 1.807) is 0 Å². The summed E-state index contributed by atoms with van der Waals surface area (Å²) in [6.07, 6.45) is 7.16. The number of hydrogen-bond donors (Lipinski definition) is 0. The van der Waals surface area contributed by atoms with Gasteiger partial charge in [-0.1, -0.05) is 25.0 Å². The van der Waals surface area contributed by atoms with Gasteiger partial charge in [-0.15, -0.1) is 0 Å². The first-order valence-electron chi connectivity index (χ1n) is 10.7. The van der Waals surface area contributed by atoms with E-state index in [9.17, 15) is 17.6 Å². The van der Waals surface area contributed by atoms with Crippen LogP contribution in [-0.2, 0) is 14.8 Å². The third-order valence-corrected chi connectivity index (χ3v) is 8.64. The molecule has 8 heteroatoms. The second-order valence-electron chi connectivity index (χ2n) is 8.45. The predicted octanol–water partition coefficient (Wildman–Crippen LogP) is 2.31. The van der Waals surface area contributed by atoms with Gasteiger partial charge >= 0.3 is 0 Å². The highest BCUT2D eigenvalue weighted by molar-refractivity contribution is 7.89. The summed E-state index contributed by atoms with van der Waals surface area (Å²) in [5, 5.41) is 0. The molecule has 2 aliphatic heterocycles. The van der Waals surface area contributed by atoms with Gasteiger partial charge in [-0.25, -0.2) is 12.8 Å². The number of piperazine rings is 1. The highest BCUT2D eigenvalue weighted by atomic mass is 32.2. The minimum absolute atomic E-state index is 0.173. The molecule has 1 aromatic rings. The molecule has 160 valence electrons. The van der Waals surface area contributed by atoms with Gasteiger partial charge in [-0.05, 0) is 43.7 Å². The fourth-order valence-corrected chi connectivity index (χ4v) is 6.62. The third-order valence-electron chi connectivity index (χ3n) is 6.71. The van der Waals surface area contributed by atoms with Crippen molar-refractivity contribution < 1.29 is 17.6 Å². The number of rotatable bonds is 4. The number of likely N-dealkylation sites (tertiary alicyclic amines) is 1. The molecule has 0 bridgehead atoms. The summed E-state index contributed by atoms with van der Waals surface area (Å²) in [5.74, 6) is 0.105. The van der Waals surface area contributed by atoms with Crippen molar-refractivity contribution in [3.05, 3.63) is 30.1 Å². The lowest BCUT2D eigenvalue weighted by atomic mass is 9.78. The fourth-order valence-electron chi connectivity index (χ4n) is 5.14. The van der Waals surface area contributed by atoms with Gasteiger partial charge in [-0.3, -0.25) is 9.69 Å². The molecule has 0 radical (unpaired) electrons. The Morgan fingerprint density at radius 2 is 1.66 bits per heavy atom.